The van der Waals surface area contributed by atoms with Crippen LogP contribution in [-0.2, 0) is 10.2 Å². The Balaban J connectivity index is 1.66. The lowest BCUT2D eigenvalue weighted by Gasteiger charge is -2.20. The predicted octanol–water partition coefficient (Wildman–Crippen LogP) is 6.37. The standard InChI is InChI=1S/C31H36N2O4/c1-5-32(6-2)24-17-15-22-20-23(30(36)37-27(22)21-24)16-18-28-31(3,4)25-12-9-10-13-26(25)33(28)19-11-7-8-14-29(34)35/h9-10,12-13,15-18,20-21H,5-8,11,14,19H2,1-4H3/p+1. The summed E-state index contributed by atoms with van der Waals surface area (Å²) in [7, 11) is 0. The van der Waals surface area contributed by atoms with Crippen LogP contribution in [0.15, 0.2) is 63.8 Å². The van der Waals surface area contributed by atoms with Crippen LogP contribution in [0.2, 0.25) is 0 Å². The number of anilines is 1. The average Bonchev–Trinajstić information content (AvgIpc) is 3.09. The molecule has 4 rings (SSSR count). The highest BCUT2D eigenvalue weighted by Gasteiger charge is 2.43. The number of hydrogen-bond acceptors (Lipinski definition) is 4. The van der Waals surface area contributed by atoms with Gasteiger partial charge in [-0.25, -0.2) is 4.79 Å². The van der Waals surface area contributed by atoms with Crippen molar-refractivity contribution in [1.29, 1.82) is 0 Å². The zero-order valence-electron chi connectivity index (χ0n) is 22.3. The van der Waals surface area contributed by atoms with Gasteiger partial charge in [0.25, 0.3) is 0 Å². The Labute approximate surface area is 218 Å². The number of carboxylic acids is 1. The summed E-state index contributed by atoms with van der Waals surface area (Å²) in [5, 5.41) is 9.83. The summed E-state index contributed by atoms with van der Waals surface area (Å²) in [4.78, 5) is 26.0. The maximum absolute atomic E-state index is 12.9. The van der Waals surface area contributed by atoms with Crippen molar-refractivity contribution in [2.75, 3.05) is 24.5 Å². The number of nitrogens with zero attached hydrogens (tertiary/aromatic N) is 2. The van der Waals surface area contributed by atoms with Gasteiger partial charge in [-0.2, -0.15) is 4.58 Å². The van der Waals surface area contributed by atoms with Gasteiger partial charge in [0.2, 0.25) is 5.69 Å². The summed E-state index contributed by atoms with van der Waals surface area (Å²) in [6.07, 6.45) is 6.53. The van der Waals surface area contributed by atoms with Gasteiger partial charge in [0.05, 0.1) is 11.0 Å². The number of hydrogen-bond donors (Lipinski definition) is 1. The van der Waals surface area contributed by atoms with Gasteiger partial charge in [0.15, 0.2) is 5.71 Å². The zero-order valence-corrected chi connectivity index (χ0v) is 22.3. The van der Waals surface area contributed by atoms with Gasteiger partial charge in [0, 0.05) is 60.8 Å². The van der Waals surface area contributed by atoms with Crippen LogP contribution < -0.4 is 10.5 Å². The summed E-state index contributed by atoms with van der Waals surface area (Å²) in [5.74, 6) is -0.749. The van der Waals surface area contributed by atoms with Gasteiger partial charge in [-0.3, -0.25) is 4.79 Å². The molecule has 1 aromatic heterocycles. The number of allylic oxidation sites excluding steroid dienone is 1. The molecule has 0 aliphatic carbocycles. The summed E-state index contributed by atoms with van der Waals surface area (Å²) >= 11 is 0. The monoisotopic (exact) mass is 501 g/mol. The number of rotatable bonds is 11. The van der Waals surface area contributed by atoms with E-state index in [9.17, 15) is 9.59 Å². The van der Waals surface area contributed by atoms with Crippen LogP contribution >= 0.6 is 0 Å². The molecule has 0 saturated heterocycles. The summed E-state index contributed by atoms with van der Waals surface area (Å²) in [6, 6.07) is 16.3. The number of carbonyl (C=O) groups is 1. The van der Waals surface area contributed by atoms with Crippen molar-refractivity contribution in [3.05, 3.63) is 76.2 Å². The van der Waals surface area contributed by atoms with Gasteiger partial charge >= 0.3 is 11.6 Å². The number of carboxylic acid groups (broad SMARTS) is 1. The zero-order chi connectivity index (χ0) is 26.6. The minimum Gasteiger partial charge on any atom is -0.481 e. The van der Waals surface area contributed by atoms with E-state index in [2.05, 4.69) is 61.4 Å². The van der Waals surface area contributed by atoms with Gasteiger partial charge in [-0.1, -0.05) is 18.2 Å². The minimum absolute atomic E-state index is 0.201. The first-order valence-corrected chi connectivity index (χ1v) is 13.2. The molecule has 6 nitrogen and oxygen atoms in total. The van der Waals surface area contributed by atoms with Crippen molar-refractivity contribution in [3.8, 4) is 0 Å². The Hall–Kier alpha value is -3.67. The predicted molar refractivity (Wildman–Crippen MR) is 150 cm³/mol. The normalized spacial score (nSPS) is 14.5. The quantitative estimate of drug-likeness (QED) is 0.188. The summed E-state index contributed by atoms with van der Waals surface area (Å²) < 4.78 is 8.05. The molecule has 6 heteroatoms. The molecule has 0 spiro atoms. The molecular weight excluding hydrogens is 464 g/mol. The maximum atomic E-state index is 12.9. The third-order valence-electron chi connectivity index (χ3n) is 7.37. The SMILES string of the molecule is CCN(CC)c1ccc2cc(/C=C/C3=[N+](CCCCCC(=O)O)c4ccccc4C3(C)C)c(=O)oc2c1. The fourth-order valence-corrected chi connectivity index (χ4v) is 5.29. The van der Waals surface area contributed by atoms with E-state index in [-0.39, 0.29) is 17.5 Å². The van der Waals surface area contributed by atoms with E-state index >= 15 is 0 Å². The van der Waals surface area contributed by atoms with Gasteiger partial charge < -0.3 is 14.4 Å². The van der Waals surface area contributed by atoms with Crippen LogP contribution in [0.4, 0.5) is 11.4 Å². The van der Waals surface area contributed by atoms with Gasteiger partial charge in [0.1, 0.15) is 12.1 Å². The van der Waals surface area contributed by atoms with Crippen LogP contribution in [0.1, 0.15) is 64.5 Å². The fraction of sp³-hybridized carbons (Fsp3) is 0.387. The summed E-state index contributed by atoms with van der Waals surface area (Å²) in [5.41, 5.74) is 5.10. The maximum Gasteiger partial charge on any atom is 0.343 e. The molecule has 3 aromatic rings. The molecule has 0 atom stereocenters. The number of benzene rings is 2. The molecule has 1 N–H and O–H groups in total. The highest BCUT2D eigenvalue weighted by atomic mass is 16.4. The van der Waals surface area contributed by atoms with Crippen LogP contribution in [-0.4, -0.2) is 41.0 Å². The molecule has 2 heterocycles. The van der Waals surface area contributed by atoms with E-state index in [1.165, 1.54) is 11.3 Å². The van der Waals surface area contributed by atoms with Crippen LogP contribution in [0.5, 0.6) is 0 Å². The van der Waals surface area contributed by atoms with E-state index in [1.54, 1.807) is 0 Å². The lowest BCUT2D eigenvalue weighted by Crippen LogP contribution is -2.28. The van der Waals surface area contributed by atoms with E-state index < -0.39 is 5.97 Å². The van der Waals surface area contributed by atoms with Gasteiger partial charge in [-0.15, -0.1) is 0 Å². The number of para-hydroxylation sites is 1. The van der Waals surface area contributed by atoms with E-state index in [1.807, 2.05) is 36.4 Å². The Kier molecular flexibility index (Phi) is 7.96. The molecule has 194 valence electrons. The first kappa shape index (κ1) is 26.4. The van der Waals surface area contributed by atoms with Crippen LogP contribution in [0, 0.1) is 0 Å². The van der Waals surface area contributed by atoms with Crippen molar-refractivity contribution in [2.45, 2.75) is 58.8 Å². The van der Waals surface area contributed by atoms with Crippen molar-refractivity contribution in [1.82, 2.24) is 0 Å². The molecule has 0 amide bonds. The number of unbranched alkanes of at least 4 members (excludes halogenated alkanes) is 2. The Morgan fingerprint density at radius 3 is 2.51 bits per heavy atom. The van der Waals surface area contributed by atoms with Crippen LogP contribution in [0.25, 0.3) is 17.0 Å². The molecule has 1 aliphatic heterocycles. The highest BCUT2D eigenvalue weighted by Crippen LogP contribution is 2.40. The molecule has 0 radical (unpaired) electrons. The molecule has 1 aliphatic rings. The first-order chi connectivity index (χ1) is 17.8. The Morgan fingerprint density at radius 2 is 1.78 bits per heavy atom. The van der Waals surface area contributed by atoms with Crippen molar-refractivity contribution >= 4 is 40.1 Å². The minimum atomic E-state index is -0.749. The molecule has 2 aromatic carbocycles. The lowest BCUT2D eigenvalue weighted by molar-refractivity contribution is -0.438. The van der Waals surface area contributed by atoms with Gasteiger partial charge in [-0.05, 0) is 64.8 Å². The first-order valence-electron chi connectivity index (χ1n) is 13.2. The van der Waals surface area contributed by atoms with E-state index in [0.29, 0.717) is 17.6 Å². The largest absolute Gasteiger partial charge is 0.481 e. The number of fused-ring (bicyclic) bond motifs is 2. The van der Waals surface area contributed by atoms with Crippen molar-refractivity contribution in [3.63, 3.8) is 0 Å². The summed E-state index contributed by atoms with van der Waals surface area (Å²) in [6.45, 7) is 11.2. The van der Waals surface area contributed by atoms with Crippen molar-refractivity contribution < 1.29 is 18.9 Å². The second-order valence-corrected chi connectivity index (χ2v) is 10.1. The van der Waals surface area contributed by atoms with E-state index in [4.69, 9.17) is 9.52 Å². The Morgan fingerprint density at radius 1 is 1.03 bits per heavy atom. The third-order valence-corrected chi connectivity index (χ3v) is 7.37. The lowest BCUT2D eigenvalue weighted by atomic mass is 9.81. The topological polar surface area (TPSA) is 73.8 Å². The second-order valence-electron chi connectivity index (χ2n) is 10.1. The smallest absolute Gasteiger partial charge is 0.343 e. The average molecular weight is 502 g/mol. The number of aliphatic carboxylic acids is 1. The molecular formula is C31H37N2O4+. The molecule has 0 saturated carbocycles. The molecule has 0 unspecified atom stereocenters. The fourth-order valence-electron chi connectivity index (χ4n) is 5.29. The molecule has 0 bridgehead atoms. The van der Waals surface area contributed by atoms with Crippen LogP contribution in [0.3, 0.4) is 0 Å². The Bertz CT molecular complexity index is 1410. The second kappa shape index (κ2) is 11.2. The molecule has 0 fully saturated rings. The highest BCUT2D eigenvalue weighted by molar-refractivity contribution is 6.05. The molecule has 37 heavy (non-hydrogen) atoms. The third kappa shape index (κ3) is 5.53. The van der Waals surface area contributed by atoms with E-state index in [0.717, 1.165) is 49.3 Å². The van der Waals surface area contributed by atoms with Crippen molar-refractivity contribution in [2.24, 2.45) is 0 Å².